The molecular formula is C23H15N3S5. The molecule has 0 fully saturated rings. The zero-order valence-corrected chi connectivity index (χ0v) is 20.4. The van der Waals surface area contributed by atoms with Crippen LogP contribution in [0.1, 0.15) is 4.88 Å². The van der Waals surface area contributed by atoms with Gasteiger partial charge in [-0.15, -0.1) is 45.3 Å². The van der Waals surface area contributed by atoms with Gasteiger partial charge in [0.1, 0.15) is 11.0 Å². The Morgan fingerprint density at radius 3 is 1.55 bits per heavy atom. The van der Waals surface area contributed by atoms with Crippen molar-refractivity contribution in [3.8, 4) is 40.4 Å². The van der Waals surface area contributed by atoms with Gasteiger partial charge < -0.3 is 5.73 Å². The number of benzene rings is 1. The first-order valence-corrected chi connectivity index (χ1v) is 13.5. The van der Waals surface area contributed by atoms with Gasteiger partial charge >= 0.3 is 0 Å². The normalized spacial score (nSPS) is 11.5. The monoisotopic (exact) mass is 493 g/mol. The Kier molecular flexibility index (Phi) is 4.77. The number of fused-ring (bicyclic) bond motifs is 1. The zero-order valence-electron chi connectivity index (χ0n) is 16.3. The van der Waals surface area contributed by atoms with Crippen LogP contribution in [0.4, 0.5) is 5.00 Å². The predicted octanol–water partition coefficient (Wildman–Crippen LogP) is 8.50. The number of nitrogens with two attached hydrogens (primary N) is 1. The van der Waals surface area contributed by atoms with Crippen molar-refractivity contribution in [3.63, 3.8) is 0 Å². The fraction of sp³-hybridized carbons (Fsp3) is 0.0435. The Labute approximate surface area is 199 Å². The van der Waals surface area contributed by atoms with Crippen LogP contribution in [0.2, 0.25) is 0 Å². The average Bonchev–Trinajstić information content (AvgIpc) is 3.57. The van der Waals surface area contributed by atoms with Crippen molar-refractivity contribution in [3.05, 3.63) is 65.5 Å². The summed E-state index contributed by atoms with van der Waals surface area (Å²) in [5.74, 6) is 0. The number of nitrogens with zero attached hydrogens (tertiary/aromatic N) is 2. The first-order chi connectivity index (χ1) is 15.2. The van der Waals surface area contributed by atoms with Gasteiger partial charge in [-0.25, -0.2) is 0 Å². The molecule has 0 atom stereocenters. The third kappa shape index (κ3) is 3.44. The van der Waals surface area contributed by atoms with E-state index in [-0.39, 0.29) is 0 Å². The first-order valence-electron chi connectivity index (χ1n) is 9.54. The van der Waals surface area contributed by atoms with E-state index in [1.165, 1.54) is 45.9 Å². The molecule has 6 aromatic rings. The lowest BCUT2D eigenvalue weighted by Crippen LogP contribution is -1.81. The van der Waals surface area contributed by atoms with Gasteiger partial charge in [-0.05, 0) is 55.5 Å². The molecule has 0 aliphatic carbocycles. The molecule has 0 radical (unpaired) electrons. The number of anilines is 1. The molecule has 3 nitrogen and oxygen atoms in total. The number of aromatic nitrogens is 2. The summed E-state index contributed by atoms with van der Waals surface area (Å²) in [5.41, 5.74) is 10.2. The second-order valence-corrected chi connectivity index (χ2v) is 12.2. The molecule has 0 spiro atoms. The summed E-state index contributed by atoms with van der Waals surface area (Å²) < 4.78 is 9.33. The fourth-order valence-corrected chi connectivity index (χ4v) is 8.01. The van der Waals surface area contributed by atoms with Gasteiger partial charge in [0.2, 0.25) is 0 Å². The lowest BCUT2D eigenvalue weighted by atomic mass is 10.1. The molecule has 0 bridgehead atoms. The van der Waals surface area contributed by atoms with Crippen molar-refractivity contribution in [2.24, 2.45) is 0 Å². The van der Waals surface area contributed by atoms with Crippen molar-refractivity contribution < 1.29 is 0 Å². The van der Waals surface area contributed by atoms with Crippen molar-refractivity contribution in [1.82, 2.24) is 8.75 Å². The zero-order chi connectivity index (χ0) is 20.9. The van der Waals surface area contributed by atoms with E-state index in [1.54, 1.807) is 22.7 Å². The van der Waals surface area contributed by atoms with Crippen LogP contribution in [-0.4, -0.2) is 8.75 Å². The van der Waals surface area contributed by atoms with Crippen LogP contribution in [-0.2, 0) is 0 Å². The molecule has 0 aliphatic rings. The van der Waals surface area contributed by atoms with Crippen molar-refractivity contribution >= 4 is 73.1 Å². The Hall–Kier alpha value is -2.36. The summed E-state index contributed by atoms with van der Waals surface area (Å²) in [6, 6.07) is 21.6. The van der Waals surface area contributed by atoms with Gasteiger partial charge in [-0.2, -0.15) is 8.75 Å². The van der Waals surface area contributed by atoms with Crippen LogP contribution in [0.3, 0.4) is 0 Å². The largest absolute Gasteiger partial charge is 0.391 e. The summed E-state index contributed by atoms with van der Waals surface area (Å²) in [6.07, 6.45) is 0. The van der Waals surface area contributed by atoms with Gasteiger partial charge in [0.05, 0.1) is 16.7 Å². The molecule has 8 heteroatoms. The third-order valence-electron chi connectivity index (χ3n) is 5.01. The van der Waals surface area contributed by atoms with Gasteiger partial charge in [0.15, 0.2) is 0 Å². The van der Waals surface area contributed by atoms with E-state index in [4.69, 9.17) is 5.73 Å². The SMILES string of the molecule is Cc1ccc(-c2ccc(-c3ccc(-c4ccc(-c5ccc(N)s5)s4)c4nsnc34)s2)s1. The van der Waals surface area contributed by atoms with E-state index in [1.807, 2.05) is 28.7 Å². The highest BCUT2D eigenvalue weighted by Crippen LogP contribution is 2.44. The number of hydrogen-bond donors (Lipinski definition) is 1. The third-order valence-corrected chi connectivity index (χ3v) is 10.1. The van der Waals surface area contributed by atoms with Crippen LogP contribution in [0, 0.1) is 6.92 Å². The fourth-order valence-electron chi connectivity index (χ4n) is 3.55. The highest BCUT2D eigenvalue weighted by atomic mass is 32.1. The molecule has 0 saturated heterocycles. The van der Waals surface area contributed by atoms with Crippen molar-refractivity contribution in [1.29, 1.82) is 0 Å². The summed E-state index contributed by atoms with van der Waals surface area (Å²) >= 11 is 8.32. The lowest BCUT2D eigenvalue weighted by molar-refractivity contribution is 1.63. The quantitative estimate of drug-likeness (QED) is 0.268. The van der Waals surface area contributed by atoms with Gasteiger partial charge in [-0.1, -0.05) is 12.1 Å². The van der Waals surface area contributed by atoms with Crippen molar-refractivity contribution in [2.75, 3.05) is 5.73 Å². The van der Waals surface area contributed by atoms with Gasteiger partial charge in [-0.3, -0.25) is 0 Å². The second-order valence-electron chi connectivity index (χ2n) is 7.06. The smallest absolute Gasteiger partial charge is 0.114 e. The Morgan fingerprint density at radius 2 is 1.03 bits per heavy atom. The first kappa shape index (κ1) is 19.3. The molecule has 6 rings (SSSR count). The van der Waals surface area contributed by atoms with E-state index in [0.717, 1.165) is 27.2 Å². The number of thiophene rings is 4. The van der Waals surface area contributed by atoms with Crippen LogP contribution < -0.4 is 5.73 Å². The van der Waals surface area contributed by atoms with Crippen LogP contribution in [0.25, 0.3) is 51.4 Å². The molecule has 0 aliphatic heterocycles. The minimum atomic E-state index is 0.841. The molecule has 0 saturated carbocycles. The van der Waals surface area contributed by atoms with Crippen LogP contribution in [0.5, 0.6) is 0 Å². The minimum absolute atomic E-state index is 0.841. The molecule has 5 heterocycles. The minimum Gasteiger partial charge on any atom is -0.391 e. The Bertz CT molecular complexity index is 1410. The predicted molar refractivity (Wildman–Crippen MR) is 140 cm³/mol. The van der Waals surface area contributed by atoms with Gasteiger partial charge in [0, 0.05) is 45.3 Å². The topological polar surface area (TPSA) is 51.8 Å². The maximum atomic E-state index is 5.91. The highest BCUT2D eigenvalue weighted by Gasteiger charge is 2.17. The summed E-state index contributed by atoms with van der Waals surface area (Å²) in [5, 5.41) is 0.841. The standard InChI is InChI=1S/C23H15N3S5/c1-12-2-5-17(27-12)18-8-6-15(28-18)13-3-4-14(23-22(13)25-31-26-23)16-7-9-19(29-16)20-10-11-21(24)30-20/h2-11H,24H2,1H3. The number of aryl methyl sites for hydroxylation is 1. The maximum absolute atomic E-state index is 5.91. The lowest BCUT2D eigenvalue weighted by Gasteiger charge is -2.03. The number of rotatable bonds is 4. The van der Waals surface area contributed by atoms with E-state index in [0.29, 0.717) is 0 Å². The average molecular weight is 494 g/mol. The molecular weight excluding hydrogens is 479 g/mol. The molecule has 0 unspecified atom stereocenters. The molecule has 1 aromatic carbocycles. The highest BCUT2D eigenvalue weighted by molar-refractivity contribution is 7.25. The van der Waals surface area contributed by atoms with E-state index in [9.17, 15) is 0 Å². The van der Waals surface area contributed by atoms with E-state index < -0.39 is 0 Å². The summed E-state index contributed by atoms with van der Waals surface area (Å²) in [4.78, 5) is 8.81. The Morgan fingerprint density at radius 1 is 0.548 bits per heavy atom. The van der Waals surface area contributed by atoms with Gasteiger partial charge in [0.25, 0.3) is 0 Å². The van der Waals surface area contributed by atoms with Crippen molar-refractivity contribution in [2.45, 2.75) is 6.92 Å². The summed E-state index contributed by atoms with van der Waals surface area (Å²) in [6.45, 7) is 2.15. The molecule has 0 amide bonds. The van der Waals surface area contributed by atoms with E-state index in [2.05, 4.69) is 70.3 Å². The van der Waals surface area contributed by atoms with Crippen LogP contribution >= 0.6 is 57.1 Å². The molecule has 5 aromatic heterocycles. The Balaban J connectivity index is 1.41. The maximum Gasteiger partial charge on any atom is 0.114 e. The molecule has 152 valence electrons. The number of nitrogen functional groups attached to an aromatic ring is 1. The molecule has 2 N–H and O–H groups in total. The summed E-state index contributed by atoms with van der Waals surface area (Å²) in [7, 11) is 0. The number of hydrogen-bond acceptors (Lipinski definition) is 8. The second kappa shape index (κ2) is 7.65. The van der Waals surface area contributed by atoms with E-state index >= 15 is 0 Å². The van der Waals surface area contributed by atoms with Crippen LogP contribution in [0.15, 0.2) is 60.7 Å². The molecule has 31 heavy (non-hydrogen) atoms.